The number of anilines is 1. The molecule has 1 amide bonds. The van der Waals surface area contributed by atoms with E-state index in [-0.39, 0.29) is 23.5 Å². The summed E-state index contributed by atoms with van der Waals surface area (Å²) in [6, 6.07) is 17.9. The summed E-state index contributed by atoms with van der Waals surface area (Å²) in [7, 11) is 1.55. The normalized spacial score (nSPS) is 16.8. The largest absolute Gasteiger partial charge is 0.507 e. The van der Waals surface area contributed by atoms with Crippen LogP contribution in [0.2, 0.25) is 0 Å². The third-order valence-corrected chi connectivity index (χ3v) is 6.11. The highest BCUT2D eigenvalue weighted by Gasteiger charge is 2.47. The Balaban J connectivity index is 1.92. The summed E-state index contributed by atoms with van der Waals surface area (Å²) in [5.74, 6) is -1.78. The van der Waals surface area contributed by atoms with Gasteiger partial charge in [0.05, 0.1) is 30.9 Å². The van der Waals surface area contributed by atoms with E-state index >= 15 is 0 Å². The second kappa shape index (κ2) is 10.1. The van der Waals surface area contributed by atoms with Gasteiger partial charge in [-0.2, -0.15) is 0 Å². The molecule has 0 aromatic heterocycles. The van der Waals surface area contributed by atoms with Crippen molar-refractivity contribution < 1.29 is 29.0 Å². The molecular formula is C29H27NO6. The number of hydrogen-bond donors (Lipinski definition) is 1. The van der Waals surface area contributed by atoms with Gasteiger partial charge in [-0.25, -0.2) is 4.79 Å². The van der Waals surface area contributed by atoms with Crippen molar-refractivity contribution in [3.05, 3.63) is 100 Å². The van der Waals surface area contributed by atoms with E-state index in [2.05, 4.69) is 0 Å². The zero-order chi connectivity index (χ0) is 26.0. The number of carbonyl (C=O) groups excluding carboxylic acids is 3. The van der Waals surface area contributed by atoms with Gasteiger partial charge in [0.1, 0.15) is 11.5 Å². The summed E-state index contributed by atoms with van der Waals surface area (Å²) in [5.41, 5.74) is 3.32. The van der Waals surface area contributed by atoms with Gasteiger partial charge in [-0.05, 0) is 68.3 Å². The first-order valence-electron chi connectivity index (χ1n) is 11.6. The van der Waals surface area contributed by atoms with Crippen LogP contribution in [0.1, 0.15) is 45.6 Å². The lowest BCUT2D eigenvalue weighted by Crippen LogP contribution is -2.29. The number of methoxy groups -OCH3 is 1. The molecule has 1 saturated heterocycles. The molecule has 1 atom stereocenters. The molecule has 1 unspecified atom stereocenters. The minimum atomic E-state index is -0.898. The van der Waals surface area contributed by atoms with E-state index < -0.39 is 23.7 Å². The van der Waals surface area contributed by atoms with Gasteiger partial charge in [0, 0.05) is 11.3 Å². The molecular weight excluding hydrogens is 458 g/mol. The first-order valence-corrected chi connectivity index (χ1v) is 11.6. The van der Waals surface area contributed by atoms with Crippen LogP contribution < -0.4 is 9.64 Å². The number of aliphatic hydroxyl groups is 1. The summed E-state index contributed by atoms with van der Waals surface area (Å²) >= 11 is 0. The molecule has 0 spiro atoms. The standard InChI is InChI=1S/C29H27NO6/c1-5-36-29(34)21-10-7-11-22(16-21)30-25(19-9-6-8-17(2)14-19)24(27(32)28(30)33)26(31)20-12-13-23(35-4)18(3)15-20/h6-16,25,31H,5H2,1-4H3/b26-24+. The quantitative estimate of drug-likeness (QED) is 0.226. The van der Waals surface area contributed by atoms with E-state index in [1.165, 1.54) is 11.0 Å². The number of rotatable bonds is 6. The maximum Gasteiger partial charge on any atom is 0.338 e. The number of nitrogens with zero attached hydrogens (tertiary/aromatic N) is 1. The van der Waals surface area contributed by atoms with Crippen molar-refractivity contribution in [1.29, 1.82) is 0 Å². The average Bonchev–Trinajstić information content (AvgIpc) is 3.14. The molecule has 7 heteroatoms. The molecule has 184 valence electrons. The smallest absolute Gasteiger partial charge is 0.338 e. The summed E-state index contributed by atoms with van der Waals surface area (Å²) in [6.07, 6.45) is 0. The Bertz CT molecular complexity index is 1390. The van der Waals surface area contributed by atoms with Crippen molar-refractivity contribution in [1.82, 2.24) is 0 Å². The van der Waals surface area contributed by atoms with E-state index in [1.807, 2.05) is 32.0 Å². The second-order valence-electron chi connectivity index (χ2n) is 8.54. The van der Waals surface area contributed by atoms with Gasteiger partial charge in [-0.1, -0.05) is 35.9 Å². The minimum absolute atomic E-state index is 0.0308. The molecule has 1 aliphatic rings. The van der Waals surface area contributed by atoms with Crippen molar-refractivity contribution >= 4 is 29.1 Å². The Morgan fingerprint density at radius 1 is 0.972 bits per heavy atom. The predicted molar refractivity (Wildman–Crippen MR) is 136 cm³/mol. The number of amides is 1. The molecule has 4 rings (SSSR count). The first-order chi connectivity index (χ1) is 17.3. The zero-order valence-electron chi connectivity index (χ0n) is 20.6. The Morgan fingerprint density at radius 2 is 1.72 bits per heavy atom. The van der Waals surface area contributed by atoms with Crippen molar-refractivity contribution in [2.75, 3.05) is 18.6 Å². The first kappa shape index (κ1) is 24.7. The molecule has 0 saturated carbocycles. The fourth-order valence-electron chi connectivity index (χ4n) is 4.43. The summed E-state index contributed by atoms with van der Waals surface area (Å²) < 4.78 is 10.4. The number of hydrogen-bond acceptors (Lipinski definition) is 6. The van der Waals surface area contributed by atoms with Gasteiger partial charge in [-0.3, -0.25) is 14.5 Å². The van der Waals surface area contributed by atoms with Crippen LogP contribution in [-0.2, 0) is 14.3 Å². The summed E-state index contributed by atoms with van der Waals surface area (Å²) in [5, 5.41) is 11.3. The third-order valence-electron chi connectivity index (χ3n) is 6.11. The van der Waals surface area contributed by atoms with Crippen LogP contribution in [0.25, 0.3) is 5.76 Å². The van der Waals surface area contributed by atoms with Crippen molar-refractivity contribution in [2.24, 2.45) is 0 Å². The van der Waals surface area contributed by atoms with Crippen molar-refractivity contribution in [2.45, 2.75) is 26.8 Å². The lowest BCUT2D eigenvalue weighted by molar-refractivity contribution is -0.132. The van der Waals surface area contributed by atoms with Crippen LogP contribution in [0.4, 0.5) is 5.69 Å². The number of ketones is 1. The van der Waals surface area contributed by atoms with Gasteiger partial charge in [0.15, 0.2) is 0 Å². The SMILES string of the molecule is CCOC(=O)c1cccc(N2C(=O)C(=O)/C(=C(/O)c3ccc(OC)c(C)c3)C2c2cccc(C)c2)c1. The molecule has 0 bridgehead atoms. The van der Waals surface area contributed by atoms with E-state index in [0.717, 1.165) is 11.1 Å². The van der Waals surface area contributed by atoms with Gasteiger partial charge in [-0.15, -0.1) is 0 Å². The zero-order valence-corrected chi connectivity index (χ0v) is 20.6. The Morgan fingerprint density at radius 3 is 2.39 bits per heavy atom. The fourth-order valence-corrected chi connectivity index (χ4v) is 4.43. The van der Waals surface area contributed by atoms with E-state index in [0.29, 0.717) is 22.6 Å². The van der Waals surface area contributed by atoms with Gasteiger partial charge >= 0.3 is 5.97 Å². The number of ether oxygens (including phenoxy) is 2. The number of aryl methyl sites for hydroxylation is 2. The van der Waals surface area contributed by atoms with Crippen LogP contribution in [0.3, 0.4) is 0 Å². The molecule has 0 radical (unpaired) electrons. The van der Waals surface area contributed by atoms with E-state index in [9.17, 15) is 19.5 Å². The number of esters is 1. The number of aliphatic hydroxyl groups excluding tert-OH is 1. The molecule has 1 aliphatic heterocycles. The Hall–Kier alpha value is -4.39. The summed E-state index contributed by atoms with van der Waals surface area (Å²) in [4.78, 5) is 40.4. The topological polar surface area (TPSA) is 93.1 Å². The number of Topliss-reactive ketones (excluding diaryl/α,β-unsaturated/α-hetero) is 1. The maximum atomic E-state index is 13.4. The average molecular weight is 486 g/mol. The predicted octanol–water partition coefficient (Wildman–Crippen LogP) is 5.12. The van der Waals surface area contributed by atoms with E-state index in [1.54, 1.807) is 56.5 Å². The molecule has 3 aromatic carbocycles. The van der Waals surface area contributed by atoms with Crippen molar-refractivity contribution in [3.8, 4) is 5.75 Å². The fraction of sp³-hybridized carbons (Fsp3) is 0.207. The lowest BCUT2D eigenvalue weighted by atomic mass is 9.93. The Kier molecular flexibility index (Phi) is 6.92. The molecule has 7 nitrogen and oxygen atoms in total. The highest BCUT2D eigenvalue weighted by Crippen LogP contribution is 2.42. The van der Waals surface area contributed by atoms with Gasteiger partial charge < -0.3 is 14.6 Å². The lowest BCUT2D eigenvalue weighted by Gasteiger charge is -2.26. The molecule has 3 aromatic rings. The van der Waals surface area contributed by atoms with Crippen molar-refractivity contribution in [3.63, 3.8) is 0 Å². The minimum Gasteiger partial charge on any atom is -0.507 e. The molecule has 1 N–H and O–H groups in total. The molecule has 1 heterocycles. The summed E-state index contributed by atoms with van der Waals surface area (Å²) in [6.45, 7) is 5.65. The third kappa shape index (κ3) is 4.47. The van der Waals surface area contributed by atoms with Crippen LogP contribution in [-0.4, -0.2) is 36.5 Å². The Labute approximate surface area is 209 Å². The van der Waals surface area contributed by atoms with Crippen LogP contribution >= 0.6 is 0 Å². The van der Waals surface area contributed by atoms with Crippen LogP contribution in [0, 0.1) is 13.8 Å². The van der Waals surface area contributed by atoms with Gasteiger partial charge in [0.2, 0.25) is 0 Å². The molecule has 36 heavy (non-hydrogen) atoms. The second-order valence-corrected chi connectivity index (χ2v) is 8.54. The van der Waals surface area contributed by atoms with Crippen LogP contribution in [0.5, 0.6) is 5.75 Å². The monoisotopic (exact) mass is 485 g/mol. The molecule has 0 aliphatic carbocycles. The molecule has 1 fully saturated rings. The van der Waals surface area contributed by atoms with Crippen LogP contribution in [0.15, 0.2) is 72.3 Å². The number of carbonyl (C=O) groups is 3. The maximum absolute atomic E-state index is 13.4. The number of benzene rings is 3. The highest BCUT2D eigenvalue weighted by molar-refractivity contribution is 6.51. The highest BCUT2D eigenvalue weighted by atomic mass is 16.5. The van der Waals surface area contributed by atoms with E-state index in [4.69, 9.17) is 9.47 Å². The van der Waals surface area contributed by atoms with Gasteiger partial charge in [0.25, 0.3) is 11.7 Å².